The third-order valence-corrected chi connectivity index (χ3v) is 3.02. The molecule has 2 atom stereocenters. The van der Waals surface area contributed by atoms with Crippen LogP contribution in [0.25, 0.3) is 0 Å². The van der Waals surface area contributed by atoms with E-state index in [1.165, 1.54) is 0 Å². The first-order chi connectivity index (χ1) is 9.17. The van der Waals surface area contributed by atoms with Crippen molar-refractivity contribution in [2.75, 3.05) is 6.61 Å². The molecule has 0 aromatic carbocycles. The Morgan fingerprint density at radius 1 is 0.950 bits per heavy atom. The standard InChI is InChI=1S/C16H30O4/c1-7-19-14(17)12(2)10-8-9-11-13(3)15(18)20-16(4,5)6/h12-13H,7-11H2,1-6H3. The van der Waals surface area contributed by atoms with E-state index in [9.17, 15) is 9.59 Å². The molecule has 0 saturated heterocycles. The Balaban J connectivity index is 3.84. The first kappa shape index (κ1) is 18.9. The molecule has 0 heterocycles. The minimum Gasteiger partial charge on any atom is -0.466 e. The lowest BCUT2D eigenvalue weighted by molar-refractivity contribution is -0.159. The summed E-state index contributed by atoms with van der Waals surface area (Å²) in [7, 11) is 0. The van der Waals surface area contributed by atoms with E-state index >= 15 is 0 Å². The van der Waals surface area contributed by atoms with E-state index in [4.69, 9.17) is 9.47 Å². The van der Waals surface area contributed by atoms with Gasteiger partial charge in [0, 0.05) is 0 Å². The van der Waals surface area contributed by atoms with Gasteiger partial charge >= 0.3 is 11.9 Å². The molecule has 0 bridgehead atoms. The van der Waals surface area contributed by atoms with Crippen molar-refractivity contribution < 1.29 is 19.1 Å². The summed E-state index contributed by atoms with van der Waals surface area (Å²) in [4.78, 5) is 23.2. The normalized spacial score (nSPS) is 14.5. The minimum absolute atomic E-state index is 0.0632. The summed E-state index contributed by atoms with van der Waals surface area (Å²) < 4.78 is 10.3. The topological polar surface area (TPSA) is 52.6 Å². The van der Waals surface area contributed by atoms with Crippen LogP contribution in [0.1, 0.15) is 67.2 Å². The van der Waals surface area contributed by atoms with Gasteiger partial charge in [-0.15, -0.1) is 0 Å². The van der Waals surface area contributed by atoms with Crippen LogP contribution in [-0.2, 0) is 19.1 Å². The van der Waals surface area contributed by atoms with E-state index in [-0.39, 0.29) is 23.8 Å². The van der Waals surface area contributed by atoms with Gasteiger partial charge in [-0.1, -0.05) is 26.7 Å². The lowest BCUT2D eigenvalue weighted by atomic mass is 9.99. The zero-order chi connectivity index (χ0) is 15.8. The fourth-order valence-corrected chi connectivity index (χ4v) is 1.82. The summed E-state index contributed by atoms with van der Waals surface area (Å²) in [5.41, 5.74) is -0.427. The number of rotatable bonds is 8. The number of ether oxygens (including phenoxy) is 2. The van der Waals surface area contributed by atoms with Crippen LogP contribution in [0.4, 0.5) is 0 Å². The van der Waals surface area contributed by atoms with Crippen LogP contribution in [0, 0.1) is 11.8 Å². The minimum atomic E-state index is -0.427. The van der Waals surface area contributed by atoms with E-state index < -0.39 is 5.60 Å². The van der Waals surface area contributed by atoms with Crippen LogP contribution in [0.15, 0.2) is 0 Å². The Hall–Kier alpha value is -1.06. The Labute approximate surface area is 123 Å². The summed E-state index contributed by atoms with van der Waals surface area (Å²) in [5.74, 6) is -0.428. The molecule has 0 aromatic heterocycles. The highest BCUT2D eigenvalue weighted by Gasteiger charge is 2.21. The molecule has 0 N–H and O–H groups in total. The summed E-state index contributed by atoms with van der Waals surface area (Å²) in [6.45, 7) is 11.6. The van der Waals surface area contributed by atoms with Gasteiger partial charge in [-0.2, -0.15) is 0 Å². The van der Waals surface area contributed by atoms with E-state index in [1.807, 2.05) is 41.5 Å². The summed E-state index contributed by atoms with van der Waals surface area (Å²) >= 11 is 0. The summed E-state index contributed by atoms with van der Waals surface area (Å²) in [6.07, 6.45) is 3.45. The van der Waals surface area contributed by atoms with Gasteiger partial charge in [-0.3, -0.25) is 9.59 Å². The van der Waals surface area contributed by atoms with Crippen LogP contribution in [-0.4, -0.2) is 24.1 Å². The fraction of sp³-hybridized carbons (Fsp3) is 0.875. The Bertz CT molecular complexity index is 304. The maximum absolute atomic E-state index is 11.8. The van der Waals surface area contributed by atoms with Crippen molar-refractivity contribution >= 4 is 11.9 Å². The molecule has 0 spiro atoms. The molecule has 0 aliphatic rings. The molecule has 4 nitrogen and oxygen atoms in total. The predicted molar refractivity (Wildman–Crippen MR) is 79.3 cm³/mol. The first-order valence-corrected chi connectivity index (χ1v) is 7.56. The SMILES string of the molecule is CCOC(=O)C(C)CCCCC(C)C(=O)OC(C)(C)C. The summed E-state index contributed by atoms with van der Waals surface area (Å²) in [6, 6.07) is 0. The zero-order valence-electron chi connectivity index (χ0n) is 13.8. The van der Waals surface area contributed by atoms with Crippen LogP contribution >= 0.6 is 0 Å². The van der Waals surface area contributed by atoms with Gasteiger partial charge in [-0.05, 0) is 40.5 Å². The molecule has 20 heavy (non-hydrogen) atoms. The molecule has 0 fully saturated rings. The highest BCUT2D eigenvalue weighted by molar-refractivity contribution is 5.72. The average molecular weight is 286 g/mol. The third-order valence-electron chi connectivity index (χ3n) is 3.02. The molecule has 0 saturated carbocycles. The van der Waals surface area contributed by atoms with Crippen molar-refractivity contribution in [1.82, 2.24) is 0 Å². The lowest BCUT2D eigenvalue weighted by Gasteiger charge is -2.22. The van der Waals surface area contributed by atoms with Crippen LogP contribution in [0.2, 0.25) is 0 Å². The van der Waals surface area contributed by atoms with Gasteiger partial charge in [0.15, 0.2) is 0 Å². The third kappa shape index (κ3) is 8.94. The number of hydrogen-bond donors (Lipinski definition) is 0. The van der Waals surface area contributed by atoms with Crippen molar-refractivity contribution in [1.29, 1.82) is 0 Å². The van der Waals surface area contributed by atoms with Crippen LogP contribution < -0.4 is 0 Å². The number of esters is 2. The van der Waals surface area contributed by atoms with E-state index in [1.54, 1.807) is 0 Å². The monoisotopic (exact) mass is 286 g/mol. The molecule has 0 aromatic rings. The second-order valence-electron chi connectivity index (χ2n) is 6.37. The molecule has 0 amide bonds. The average Bonchev–Trinajstić information content (AvgIpc) is 2.32. The highest BCUT2D eigenvalue weighted by atomic mass is 16.6. The zero-order valence-corrected chi connectivity index (χ0v) is 13.8. The van der Waals surface area contributed by atoms with Crippen molar-refractivity contribution in [3.8, 4) is 0 Å². The molecule has 4 heteroatoms. The maximum Gasteiger partial charge on any atom is 0.309 e. The first-order valence-electron chi connectivity index (χ1n) is 7.56. The molecular weight excluding hydrogens is 256 g/mol. The van der Waals surface area contributed by atoms with Gasteiger partial charge in [-0.25, -0.2) is 0 Å². The van der Waals surface area contributed by atoms with Crippen LogP contribution in [0.5, 0.6) is 0 Å². The van der Waals surface area contributed by atoms with Crippen molar-refractivity contribution in [3.05, 3.63) is 0 Å². The molecule has 0 aliphatic heterocycles. The number of carbonyl (C=O) groups excluding carboxylic acids is 2. The second kappa shape index (κ2) is 8.98. The lowest BCUT2D eigenvalue weighted by Crippen LogP contribution is -2.27. The Morgan fingerprint density at radius 2 is 1.40 bits per heavy atom. The molecule has 0 rings (SSSR count). The smallest absolute Gasteiger partial charge is 0.309 e. The summed E-state index contributed by atoms with van der Waals surface area (Å²) in [5, 5.41) is 0. The largest absolute Gasteiger partial charge is 0.466 e. The molecular formula is C16H30O4. The van der Waals surface area contributed by atoms with Crippen molar-refractivity contribution in [3.63, 3.8) is 0 Å². The molecule has 0 radical (unpaired) electrons. The number of carbonyl (C=O) groups is 2. The predicted octanol–water partition coefficient (Wildman–Crippen LogP) is 3.72. The second-order valence-corrected chi connectivity index (χ2v) is 6.37. The van der Waals surface area contributed by atoms with E-state index in [2.05, 4.69) is 0 Å². The highest BCUT2D eigenvalue weighted by Crippen LogP contribution is 2.17. The van der Waals surface area contributed by atoms with E-state index in [0.29, 0.717) is 6.61 Å². The number of unbranched alkanes of at least 4 members (excludes halogenated alkanes) is 1. The quantitative estimate of drug-likeness (QED) is 0.504. The van der Waals surface area contributed by atoms with Crippen molar-refractivity contribution in [2.45, 2.75) is 72.8 Å². The number of hydrogen-bond acceptors (Lipinski definition) is 4. The fourth-order valence-electron chi connectivity index (χ4n) is 1.82. The van der Waals surface area contributed by atoms with Crippen LogP contribution in [0.3, 0.4) is 0 Å². The van der Waals surface area contributed by atoms with Gasteiger partial charge in [0.2, 0.25) is 0 Å². The van der Waals surface area contributed by atoms with Gasteiger partial charge in [0.25, 0.3) is 0 Å². The Morgan fingerprint density at radius 3 is 1.80 bits per heavy atom. The van der Waals surface area contributed by atoms with Gasteiger partial charge < -0.3 is 9.47 Å². The Kier molecular flexibility index (Phi) is 8.51. The molecule has 0 aliphatic carbocycles. The molecule has 118 valence electrons. The van der Waals surface area contributed by atoms with Gasteiger partial charge in [0.05, 0.1) is 18.4 Å². The van der Waals surface area contributed by atoms with Crippen molar-refractivity contribution in [2.24, 2.45) is 11.8 Å². The molecule has 2 unspecified atom stereocenters. The van der Waals surface area contributed by atoms with Gasteiger partial charge in [0.1, 0.15) is 5.60 Å². The van der Waals surface area contributed by atoms with E-state index in [0.717, 1.165) is 25.7 Å². The maximum atomic E-state index is 11.8.